The van der Waals surface area contributed by atoms with Crippen LogP contribution in [-0.4, -0.2) is 20.1 Å². The van der Waals surface area contributed by atoms with E-state index in [4.69, 9.17) is 9.26 Å². The number of hydrogen-bond donors (Lipinski definition) is 0. The van der Waals surface area contributed by atoms with Gasteiger partial charge < -0.3 is 9.26 Å². The lowest BCUT2D eigenvalue weighted by atomic mass is 9.78. The maximum Gasteiger partial charge on any atom is 0.259 e. The van der Waals surface area contributed by atoms with E-state index in [1.165, 1.54) is 17.5 Å². The molecule has 0 spiro atoms. The summed E-state index contributed by atoms with van der Waals surface area (Å²) in [6.07, 6.45) is 1.20. The van der Waals surface area contributed by atoms with Gasteiger partial charge in [-0.2, -0.15) is 14.4 Å². The zero-order chi connectivity index (χ0) is 21.3. The molecule has 7 heteroatoms. The number of nitrogens with zero attached hydrogens (tertiary/aromatic N) is 4. The Morgan fingerprint density at radius 2 is 1.53 bits per heavy atom. The maximum atomic E-state index is 14.8. The van der Waals surface area contributed by atoms with Gasteiger partial charge in [-0.1, -0.05) is 61.0 Å². The average molecular weight is 404 g/mol. The summed E-state index contributed by atoms with van der Waals surface area (Å²) < 4.78 is 25.3. The number of halogens is 1. The van der Waals surface area contributed by atoms with Crippen LogP contribution in [0.4, 0.5) is 4.39 Å². The van der Waals surface area contributed by atoms with Crippen molar-refractivity contribution >= 4 is 0 Å². The Hall–Kier alpha value is -3.61. The maximum absolute atomic E-state index is 14.8. The fourth-order valence-corrected chi connectivity index (χ4v) is 3.16. The summed E-state index contributed by atoms with van der Waals surface area (Å²) in [6.45, 7) is 8.01. The van der Waals surface area contributed by atoms with E-state index in [1.807, 2.05) is 12.1 Å². The van der Waals surface area contributed by atoms with Crippen molar-refractivity contribution in [2.24, 2.45) is 0 Å². The first-order chi connectivity index (χ1) is 14.3. The van der Waals surface area contributed by atoms with Gasteiger partial charge in [0, 0.05) is 12.3 Å². The van der Waals surface area contributed by atoms with Crippen LogP contribution in [0.1, 0.15) is 36.4 Å². The second-order valence-electron chi connectivity index (χ2n) is 7.60. The van der Waals surface area contributed by atoms with E-state index in [-0.39, 0.29) is 22.8 Å². The molecule has 2 aromatic carbocycles. The molecule has 2 aromatic heterocycles. The fraction of sp³-hybridized carbons (Fsp3) is 0.217. The Bertz CT molecular complexity index is 1170. The van der Waals surface area contributed by atoms with Crippen molar-refractivity contribution in [1.29, 1.82) is 0 Å². The molecule has 6 nitrogen and oxygen atoms in total. The largest absolute Gasteiger partial charge is 0.436 e. The summed E-state index contributed by atoms with van der Waals surface area (Å²) in [4.78, 5) is 11.8. The van der Waals surface area contributed by atoms with E-state index in [2.05, 4.69) is 65.1 Å². The normalized spacial score (nSPS) is 11.5. The van der Waals surface area contributed by atoms with Crippen molar-refractivity contribution in [2.75, 3.05) is 0 Å². The lowest BCUT2D eigenvalue weighted by molar-refractivity contribution is 0.393. The zero-order valence-electron chi connectivity index (χ0n) is 17.2. The molecule has 0 amide bonds. The van der Waals surface area contributed by atoms with Crippen molar-refractivity contribution in [3.8, 4) is 23.1 Å². The Labute approximate surface area is 173 Å². The first-order valence-corrected chi connectivity index (χ1v) is 9.51. The first kappa shape index (κ1) is 19.7. The fourth-order valence-electron chi connectivity index (χ4n) is 3.16. The highest BCUT2D eigenvalue weighted by atomic mass is 19.1. The van der Waals surface area contributed by atoms with Crippen LogP contribution in [0.2, 0.25) is 0 Å². The van der Waals surface area contributed by atoms with Gasteiger partial charge >= 0.3 is 0 Å². The van der Waals surface area contributed by atoms with Gasteiger partial charge in [-0.05, 0) is 30.2 Å². The Balaban J connectivity index is 1.58. The number of benzene rings is 2. The third-order valence-electron chi connectivity index (χ3n) is 5.06. The molecule has 0 aliphatic carbocycles. The van der Waals surface area contributed by atoms with Gasteiger partial charge in [-0.3, -0.25) is 0 Å². The second kappa shape index (κ2) is 7.67. The van der Waals surface area contributed by atoms with E-state index in [9.17, 15) is 4.39 Å². The Kier molecular flexibility index (Phi) is 5.03. The van der Waals surface area contributed by atoms with Crippen molar-refractivity contribution in [1.82, 2.24) is 20.1 Å². The molecule has 0 N–H and O–H groups in total. The zero-order valence-corrected chi connectivity index (χ0v) is 17.2. The van der Waals surface area contributed by atoms with Gasteiger partial charge in [0.25, 0.3) is 5.88 Å². The highest BCUT2D eigenvalue weighted by molar-refractivity contribution is 5.51. The predicted molar refractivity (Wildman–Crippen MR) is 110 cm³/mol. The number of ether oxygens (including phenoxy) is 1. The van der Waals surface area contributed by atoms with Gasteiger partial charge in [0.1, 0.15) is 12.1 Å². The highest BCUT2D eigenvalue weighted by Crippen LogP contribution is 2.34. The standard InChI is InChI=1S/C23H21FN4O2/c1-14-5-7-16(8-6-14)23(3,4)17-9-11-18(12-10-17)29-22-19(24)20(25-13-26-22)21-27-15(2)30-28-21/h5-13H,1-4H3. The molecular formula is C23H21FN4O2. The second-order valence-corrected chi connectivity index (χ2v) is 7.60. The van der Waals surface area contributed by atoms with Gasteiger partial charge in [0.05, 0.1) is 0 Å². The lowest BCUT2D eigenvalue weighted by Gasteiger charge is -2.26. The van der Waals surface area contributed by atoms with Crippen LogP contribution in [0.25, 0.3) is 11.5 Å². The van der Waals surface area contributed by atoms with E-state index >= 15 is 0 Å². The van der Waals surface area contributed by atoms with E-state index in [0.29, 0.717) is 11.6 Å². The Morgan fingerprint density at radius 3 is 2.13 bits per heavy atom. The molecule has 152 valence electrons. The van der Waals surface area contributed by atoms with Gasteiger partial charge in [-0.15, -0.1) is 0 Å². The third-order valence-corrected chi connectivity index (χ3v) is 5.06. The third kappa shape index (κ3) is 3.78. The summed E-state index contributed by atoms with van der Waals surface area (Å²) in [5.41, 5.74) is 3.29. The molecule has 0 atom stereocenters. The first-order valence-electron chi connectivity index (χ1n) is 9.51. The van der Waals surface area contributed by atoms with Crippen LogP contribution < -0.4 is 4.74 Å². The number of hydrogen-bond acceptors (Lipinski definition) is 6. The quantitative estimate of drug-likeness (QED) is 0.443. The van der Waals surface area contributed by atoms with Crippen LogP contribution in [0.15, 0.2) is 59.4 Å². The molecule has 0 aliphatic heterocycles. The van der Waals surface area contributed by atoms with Gasteiger partial charge in [0.2, 0.25) is 17.5 Å². The smallest absolute Gasteiger partial charge is 0.259 e. The predicted octanol–water partition coefficient (Wildman–Crippen LogP) is 5.40. The molecular weight excluding hydrogens is 383 g/mol. The molecule has 0 saturated heterocycles. The van der Waals surface area contributed by atoms with Gasteiger partial charge in [0.15, 0.2) is 5.69 Å². The van der Waals surface area contributed by atoms with Crippen LogP contribution in [0.5, 0.6) is 11.6 Å². The summed E-state index contributed by atoms with van der Waals surface area (Å²) in [5.74, 6) is -0.119. The molecule has 0 aliphatic rings. The SMILES string of the molecule is Cc1ccc(C(C)(C)c2ccc(Oc3ncnc(-c4noc(C)n4)c3F)cc2)cc1. The topological polar surface area (TPSA) is 73.9 Å². The van der Waals surface area contributed by atoms with Crippen molar-refractivity contribution < 1.29 is 13.7 Å². The van der Waals surface area contributed by atoms with Crippen LogP contribution in [0, 0.1) is 19.7 Å². The molecule has 4 rings (SSSR count). The number of aromatic nitrogens is 4. The van der Waals surface area contributed by atoms with Gasteiger partial charge in [-0.25, -0.2) is 4.98 Å². The molecule has 0 saturated carbocycles. The lowest BCUT2D eigenvalue weighted by Crippen LogP contribution is -2.18. The van der Waals surface area contributed by atoms with Crippen molar-refractivity contribution in [3.05, 3.63) is 83.3 Å². The van der Waals surface area contributed by atoms with Crippen LogP contribution in [0.3, 0.4) is 0 Å². The minimum atomic E-state index is -0.748. The summed E-state index contributed by atoms with van der Waals surface area (Å²) in [5, 5.41) is 3.70. The minimum Gasteiger partial charge on any atom is -0.436 e. The van der Waals surface area contributed by atoms with Crippen molar-refractivity contribution in [2.45, 2.75) is 33.1 Å². The molecule has 0 fully saturated rings. The molecule has 4 aromatic rings. The number of rotatable bonds is 5. The summed E-state index contributed by atoms with van der Waals surface area (Å²) in [7, 11) is 0. The molecule has 0 bridgehead atoms. The van der Waals surface area contributed by atoms with Crippen molar-refractivity contribution in [3.63, 3.8) is 0 Å². The summed E-state index contributed by atoms with van der Waals surface area (Å²) >= 11 is 0. The summed E-state index contributed by atoms with van der Waals surface area (Å²) in [6, 6.07) is 16.0. The molecule has 0 unspecified atom stereocenters. The van der Waals surface area contributed by atoms with Crippen LogP contribution in [-0.2, 0) is 5.41 Å². The van der Waals surface area contributed by atoms with E-state index < -0.39 is 5.82 Å². The van der Waals surface area contributed by atoms with E-state index in [0.717, 1.165) is 5.56 Å². The molecule has 2 heterocycles. The molecule has 30 heavy (non-hydrogen) atoms. The number of aryl methyl sites for hydroxylation is 2. The molecule has 0 radical (unpaired) electrons. The van der Waals surface area contributed by atoms with Crippen LogP contribution >= 0.6 is 0 Å². The minimum absolute atomic E-state index is 0.0486. The Morgan fingerprint density at radius 1 is 0.900 bits per heavy atom. The van der Waals surface area contributed by atoms with E-state index in [1.54, 1.807) is 19.1 Å². The average Bonchev–Trinajstić information content (AvgIpc) is 3.16. The highest BCUT2D eigenvalue weighted by Gasteiger charge is 2.23. The monoisotopic (exact) mass is 404 g/mol.